The minimum atomic E-state index is -0.401. The molecule has 1 fully saturated rings. The van der Waals surface area contributed by atoms with Crippen LogP contribution in [-0.4, -0.2) is 53.8 Å². The van der Waals surface area contributed by atoms with Gasteiger partial charge in [0.2, 0.25) is 5.89 Å². The number of hydrogen-bond acceptors (Lipinski definition) is 7. The molecule has 2 aliphatic rings. The van der Waals surface area contributed by atoms with Gasteiger partial charge in [0.25, 0.3) is 11.8 Å². The van der Waals surface area contributed by atoms with Crippen LogP contribution in [0.3, 0.4) is 0 Å². The van der Waals surface area contributed by atoms with Crippen LogP contribution in [0.25, 0.3) is 0 Å². The summed E-state index contributed by atoms with van der Waals surface area (Å²) in [4.78, 5) is 45.3. The molecule has 0 unspecified atom stereocenters. The number of carbonyl (C=O) groups excluding carboxylic acids is 3. The van der Waals surface area contributed by atoms with E-state index in [9.17, 15) is 18.8 Å². The number of Topliss-reactive ketones (excluding diaryl/α,β-unsaturated/α-hetero) is 1. The lowest BCUT2D eigenvalue weighted by Gasteiger charge is -2.28. The van der Waals surface area contributed by atoms with Crippen molar-refractivity contribution in [3.05, 3.63) is 71.7 Å². The van der Waals surface area contributed by atoms with E-state index in [1.807, 2.05) is 0 Å². The minimum absolute atomic E-state index is 0.0216. The third kappa shape index (κ3) is 4.86. The summed E-state index contributed by atoms with van der Waals surface area (Å²) in [5, 5.41) is 0. The zero-order valence-corrected chi connectivity index (χ0v) is 18.7. The predicted molar refractivity (Wildman–Crippen MR) is 121 cm³/mol. The summed E-state index contributed by atoms with van der Waals surface area (Å²) < 4.78 is 29.5. The molecule has 1 aromatic heterocycles. The molecule has 0 bridgehead atoms. The summed E-state index contributed by atoms with van der Waals surface area (Å²) in [5.41, 5.74) is 0.899. The molecule has 0 spiro atoms. The number of amides is 2. The largest absolute Gasteiger partial charge is 0.485 e. The van der Waals surface area contributed by atoms with E-state index in [0.717, 1.165) is 12.8 Å². The van der Waals surface area contributed by atoms with Gasteiger partial charge in [0.1, 0.15) is 30.1 Å². The third-order valence-electron chi connectivity index (χ3n) is 5.86. The van der Waals surface area contributed by atoms with Crippen LogP contribution in [0.15, 0.2) is 53.1 Å². The van der Waals surface area contributed by atoms with E-state index in [-0.39, 0.29) is 48.9 Å². The molecule has 2 aromatic carbocycles. The van der Waals surface area contributed by atoms with Crippen molar-refractivity contribution in [1.82, 2.24) is 9.88 Å². The fourth-order valence-electron chi connectivity index (χ4n) is 4.01. The lowest BCUT2D eigenvalue weighted by molar-refractivity contribution is -0.121. The molecule has 180 valence electrons. The van der Waals surface area contributed by atoms with Gasteiger partial charge in [-0.05, 0) is 55.3 Å². The van der Waals surface area contributed by atoms with Gasteiger partial charge in [0.15, 0.2) is 24.7 Å². The number of ketones is 1. The Morgan fingerprint density at radius 1 is 1.09 bits per heavy atom. The van der Waals surface area contributed by atoms with E-state index in [1.54, 1.807) is 23.1 Å². The molecule has 1 saturated heterocycles. The lowest BCUT2D eigenvalue weighted by atomic mass is 10.1. The van der Waals surface area contributed by atoms with Crippen molar-refractivity contribution in [3.8, 4) is 11.5 Å². The van der Waals surface area contributed by atoms with Crippen molar-refractivity contribution in [2.24, 2.45) is 0 Å². The van der Waals surface area contributed by atoms with E-state index in [1.165, 1.54) is 35.4 Å². The molecule has 0 radical (unpaired) electrons. The van der Waals surface area contributed by atoms with Crippen molar-refractivity contribution in [3.63, 3.8) is 0 Å². The Morgan fingerprint density at radius 3 is 2.63 bits per heavy atom. The number of benzene rings is 2. The monoisotopic (exact) mass is 479 g/mol. The smallest absolute Gasteiger partial charge is 0.275 e. The van der Waals surface area contributed by atoms with E-state index in [4.69, 9.17) is 13.9 Å². The normalized spacial score (nSPS) is 15.1. The number of oxazole rings is 1. The van der Waals surface area contributed by atoms with Gasteiger partial charge in [-0.15, -0.1) is 0 Å². The van der Waals surface area contributed by atoms with Gasteiger partial charge in [0.05, 0.1) is 5.69 Å². The topological polar surface area (TPSA) is 102 Å². The number of likely N-dealkylation sites (tertiary alicyclic amines) is 1. The first-order valence-corrected chi connectivity index (χ1v) is 11.2. The van der Waals surface area contributed by atoms with Crippen LogP contribution < -0.4 is 14.4 Å². The van der Waals surface area contributed by atoms with Crippen LogP contribution in [-0.2, 0) is 11.3 Å². The number of nitrogens with zero attached hydrogens (tertiary/aromatic N) is 3. The molecule has 5 rings (SSSR count). The van der Waals surface area contributed by atoms with E-state index >= 15 is 0 Å². The summed E-state index contributed by atoms with van der Waals surface area (Å²) in [5.74, 6) is -0.270. The van der Waals surface area contributed by atoms with Crippen molar-refractivity contribution in [1.29, 1.82) is 0 Å². The van der Waals surface area contributed by atoms with Gasteiger partial charge in [0, 0.05) is 18.7 Å². The number of ether oxygens (including phenoxy) is 2. The number of anilines is 1. The first-order chi connectivity index (χ1) is 17.0. The quantitative estimate of drug-likeness (QED) is 0.480. The molecule has 9 nitrogen and oxygen atoms in total. The molecule has 0 N–H and O–H groups in total. The van der Waals surface area contributed by atoms with E-state index < -0.39 is 5.82 Å². The van der Waals surface area contributed by atoms with Gasteiger partial charge in [-0.3, -0.25) is 19.3 Å². The predicted octanol–water partition coefficient (Wildman–Crippen LogP) is 3.24. The average molecular weight is 479 g/mol. The van der Waals surface area contributed by atoms with Crippen molar-refractivity contribution >= 4 is 23.3 Å². The van der Waals surface area contributed by atoms with Crippen molar-refractivity contribution in [2.75, 3.05) is 31.2 Å². The van der Waals surface area contributed by atoms with E-state index in [0.29, 0.717) is 35.8 Å². The SMILES string of the molecule is O=C(COc1ccc(F)cc1)c1ccc2c(c1)N(Cc1nc(C(=O)N3CCCC3)co1)C(=O)CO2. The molecule has 0 aliphatic carbocycles. The Bertz CT molecular complexity index is 1270. The van der Waals surface area contributed by atoms with Gasteiger partial charge < -0.3 is 18.8 Å². The Hall–Kier alpha value is -4.21. The first-order valence-electron chi connectivity index (χ1n) is 11.2. The van der Waals surface area contributed by atoms with Crippen LogP contribution in [0.1, 0.15) is 39.6 Å². The highest BCUT2D eigenvalue weighted by molar-refractivity contribution is 6.02. The Morgan fingerprint density at radius 2 is 1.86 bits per heavy atom. The van der Waals surface area contributed by atoms with Crippen molar-refractivity contribution < 1.29 is 32.7 Å². The van der Waals surface area contributed by atoms with E-state index in [2.05, 4.69) is 4.98 Å². The fourth-order valence-corrected chi connectivity index (χ4v) is 4.01. The Labute approximate surface area is 200 Å². The van der Waals surface area contributed by atoms with Gasteiger partial charge in [-0.2, -0.15) is 0 Å². The fraction of sp³-hybridized carbons (Fsp3) is 0.280. The standard InChI is InChI=1S/C25H22FN3O6/c26-17-4-6-18(7-5-17)33-14-21(30)16-3-8-22-20(11-16)29(24(31)15-34-22)12-23-27-19(13-35-23)25(32)28-9-1-2-10-28/h3-8,11,13H,1-2,9-10,12,14-15H2. The van der Waals surface area contributed by atoms with Gasteiger partial charge in [-0.1, -0.05) is 0 Å². The zero-order chi connectivity index (χ0) is 24.4. The minimum Gasteiger partial charge on any atom is -0.485 e. The molecule has 0 saturated carbocycles. The zero-order valence-electron chi connectivity index (χ0n) is 18.7. The molecule has 3 aromatic rings. The van der Waals surface area contributed by atoms with Crippen LogP contribution in [0.4, 0.5) is 10.1 Å². The summed E-state index contributed by atoms with van der Waals surface area (Å²) in [6.07, 6.45) is 3.23. The maximum Gasteiger partial charge on any atom is 0.275 e. The van der Waals surface area contributed by atoms with Crippen molar-refractivity contribution in [2.45, 2.75) is 19.4 Å². The number of halogens is 1. The maximum atomic E-state index is 13.1. The molecule has 35 heavy (non-hydrogen) atoms. The third-order valence-corrected chi connectivity index (χ3v) is 5.86. The summed E-state index contributed by atoms with van der Waals surface area (Å²) in [7, 11) is 0. The summed E-state index contributed by atoms with van der Waals surface area (Å²) in [6.45, 7) is 0.928. The highest BCUT2D eigenvalue weighted by atomic mass is 19.1. The highest BCUT2D eigenvalue weighted by Crippen LogP contribution is 2.34. The van der Waals surface area contributed by atoms with Crippen LogP contribution >= 0.6 is 0 Å². The first kappa shape index (κ1) is 22.6. The lowest BCUT2D eigenvalue weighted by Crippen LogP contribution is -2.38. The number of carbonyl (C=O) groups is 3. The number of fused-ring (bicyclic) bond motifs is 1. The number of hydrogen-bond donors (Lipinski definition) is 0. The summed E-state index contributed by atoms with van der Waals surface area (Å²) >= 11 is 0. The molecule has 3 heterocycles. The second-order valence-electron chi connectivity index (χ2n) is 8.24. The van der Waals surface area contributed by atoms with Crippen LogP contribution in [0.5, 0.6) is 11.5 Å². The molecule has 2 aliphatic heterocycles. The van der Waals surface area contributed by atoms with Crippen LogP contribution in [0.2, 0.25) is 0 Å². The molecule has 0 atom stereocenters. The number of aromatic nitrogens is 1. The van der Waals surface area contributed by atoms with Crippen LogP contribution in [0, 0.1) is 5.82 Å². The Balaban J connectivity index is 1.31. The number of rotatable bonds is 7. The van der Waals surface area contributed by atoms with Gasteiger partial charge in [-0.25, -0.2) is 9.37 Å². The average Bonchev–Trinajstić information content (AvgIpc) is 3.57. The molecule has 10 heteroatoms. The second-order valence-corrected chi connectivity index (χ2v) is 8.24. The second kappa shape index (κ2) is 9.57. The van der Waals surface area contributed by atoms with Gasteiger partial charge >= 0.3 is 0 Å². The molecular weight excluding hydrogens is 457 g/mol. The Kier molecular flexibility index (Phi) is 6.17. The summed E-state index contributed by atoms with van der Waals surface area (Å²) in [6, 6.07) is 10.1. The maximum absolute atomic E-state index is 13.1. The highest BCUT2D eigenvalue weighted by Gasteiger charge is 2.29. The molecular formula is C25H22FN3O6. The molecule has 2 amide bonds.